The van der Waals surface area contributed by atoms with Crippen LogP contribution in [0.25, 0.3) is 0 Å². The highest BCUT2D eigenvalue weighted by molar-refractivity contribution is 6.34. The molecule has 0 aliphatic rings. The van der Waals surface area contributed by atoms with Crippen LogP contribution >= 0.6 is 23.2 Å². The molecule has 0 saturated carbocycles. The van der Waals surface area contributed by atoms with Gasteiger partial charge in [-0.15, -0.1) is 23.2 Å². The Bertz CT molecular complexity index is 468. The van der Waals surface area contributed by atoms with Crippen molar-refractivity contribution in [1.82, 2.24) is 0 Å². The van der Waals surface area contributed by atoms with E-state index < -0.39 is 4.87 Å². The zero-order valence-corrected chi connectivity index (χ0v) is 13.2. The van der Waals surface area contributed by atoms with Gasteiger partial charge in [0.05, 0.1) is 5.38 Å². The minimum absolute atomic E-state index is 0.131. The molecule has 0 heterocycles. The quantitative estimate of drug-likeness (QED) is 0.577. The van der Waals surface area contributed by atoms with Crippen LogP contribution in [-0.2, 0) is 4.87 Å². The summed E-state index contributed by atoms with van der Waals surface area (Å²) in [7, 11) is 0. The van der Waals surface area contributed by atoms with Gasteiger partial charge in [0.25, 0.3) is 0 Å². The predicted octanol–water partition coefficient (Wildman–Crippen LogP) is 5.97. The van der Waals surface area contributed by atoms with Crippen LogP contribution in [0.5, 0.6) is 0 Å². The molecule has 1 atom stereocenters. The van der Waals surface area contributed by atoms with Gasteiger partial charge in [0.1, 0.15) is 4.87 Å². The molecule has 106 valence electrons. The van der Waals surface area contributed by atoms with Crippen molar-refractivity contribution in [3.05, 3.63) is 71.8 Å². The van der Waals surface area contributed by atoms with Crippen LogP contribution in [0.15, 0.2) is 60.7 Å². The molecule has 1 unspecified atom stereocenters. The van der Waals surface area contributed by atoms with E-state index in [1.165, 1.54) is 0 Å². The van der Waals surface area contributed by atoms with Crippen molar-refractivity contribution in [3.63, 3.8) is 0 Å². The third-order valence-corrected chi connectivity index (χ3v) is 4.99. The van der Waals surface area contributed by atoms with Crippen LogP contribution in [0, 0.1) is 0 Å². The van der Waals surface area contributed by atoms with Gasteiger partial charge in [-0.1, -0.05) is 80.4 Å². The Balaban J connectivity index is 2.43. The van der Waals surface area contributed by atoms with Gasteiger partial charge in [-0.05, 0) is 17.5 Å². The zero-order valence-electron chi connectivity index (χ0n) is 11.7. The fourth-order valence-electron chi connectivity index (χ4n) is 2.47. The number of hydrogen-bond acceptors (Lipinski definition) is 0. The van der Waals surface area contributed by atoms with Crippen molar-refractivity contribution < 1.29 is 0 Å². The average Bonchev–Trinajstić information content (AvgIpc) is 2.53. The maximum absolute atomic E-state index is 7.04. The molecular weight excluding hydrogens is 287 g/mol. The first-order chi connectivity index (χ1) is 9.69. The van der Waals surface area contributed by atoms with E-state index in [0.717, 1.165) is 30.4 Å². The van der Waals surface area contributed by atoms with Crippen LogP contribution in [0.1, 0.15) is 37.3 Å². The molecule has 0 radical (unpaired) electrons. The van der Waals surface area contributed by atoms with E-state index in [1.54, 1.807) is 0 Å². The zero-order chi connectivity index (χ0) is 14.4. The molecule has 2 rings (SSSR count). The van der Waals surface area contributed by atoms with Crippen molar-refractivity contribution in [1.29, 1.82) is 0 Å². The third-order valence-electron chi connectivity index (χ3n) is 3.63. The second kappa shape index (κ2) is 7.15. The Hall–Kier alpha value is -0.980. The molecule has 0 saturated heterocycles. The largest absolute Gasteiger partial charge is 0.120 e. The number of hydrogen-bond donors (Lipinski definition) is 0. The Kier molecular flexibility index (Phi) is 5.51. The summed E-state index contributed by atoms with van der Waals surface area (Å²) < 4.78 is 0. The van der Waals surface area contributed by atoms with Crippen LogP contribution in [0.2, 0.25) is 0 Å². The summed E-state index contributed by atoms with van der Waals surface area (Å²) in [6, 6.07) is 20.3. The van der Waals surface area contributed by atoms with Gasteiger partial charge in [-0.3, -0.25) is 0 Å². The van der Waals surface area contributed by atoms with E-state index in [2.05, 4.69) is 31.2 Å². The Morgan fingerprint density at radius 3 is 1.75 bits per heavy atom. The minimum atomic E-state index is -0.667. The van der Waals surface area contributed by atoms with Gasteiger partial charge in [-0.25, -0.2) is 0 Å². The monoisotopic (exact) mass is 306 g/mol. The first-order valence-corrected chi connectivity index (χ1v) is 7.95. The SMILES string of the molecule is CCCCC(Cl)C(Cl)(c1ccccc1)c1ccccc1. The van der Waals surface area contributed by atoms with Crippen LogP contribution in [0.4, 0.5) is 0 Å². The van der Waals surface area contributed by atoms with Gasteiger partial charge in [0, 0.05) is 0 Å². The summed E-state index contributed by atoms with van der Waals surface area (Å²) in [5.41, 5.74) is 2.12. The second-order valence-corrected chi connectivity index (χ2v) is 6.18. The lowest BCUT2D eigenvalue weighted by Gasteiger charge is -2.33. The Labute approximate surface area is 131 Å². The van der Waals surface area contributed by atoms with Crippen molar-refractivity contribution in [2.45, 2.75) is 36.4 Å². The molecule has 0 spiro atoms. The van der Waals surface area contributed by atoms with Gasteiger partial charge in [0.15, 0.2) is 0 Å². The van der Waals surface area contributed by atoms with Gasteiger partial charge < -0.3 is 0 Å². The predicted molar refractivity (Wildman–Crippen MR) is 88.7 cm³/mol. The van der Waals surface area contributed by atoms with Crippen molar-refractivity contribution in [2.75, 3.05) is 0 Å². The lowest BCUT2D eigenvalue weighted by molar-refractivity contribution is 0.585. The minimum Gasteiger partial charge on any atom is -0.120 e. The van der Waals surface area contributed by atoms with Gasteiger partial charge in [0.2, 0.25) is 0 Å². The van der Waals surface area contributed by atoms with E-state index in [-0.39, 0.29) is 5.38 Å². The van der Waals surface area contributed by atoms with E-state index in [4.69, 9.17) is 23.2 Å². The lowest BCUT2D eigenvalue weighted by Crippen LogP contribution is -2.31. The molecule has 2 aromatic rings. The summed E-state index contributed by atoms with van der Waals surface area (Å²) in [5, 5.41) is -0.131. The fourth-order valence-corrected chi connectivity index (χ4v) is 3.24. The van der Waals surface area contributed by atoms with Crippen molar-refractivity contribution >= 4 is 23.2 Å². The van der Waals surface area contributed by atoms with E-state index in [9.17, 15) is 0 Å². The highest BCUT2D eigenvalue weighted by Gasteiger charge is 2.38. The van der Waals surface area contributed by atoms with Gasteiger partial charge in [-0.2, -0.15) is 0 Å². The van der Waals surface area contributed by atoms with Crippen molar-refractivity contribution in [2.24, 2.45) is 0 Å². The summed E-state index contributed by atoms with van der Waals surface area (Å²) in [5.74, 6) is 0. The van der Waals surface area contributed by atoms with Crippen LogP contribution in [0.3, 0.4) is 0 Å². The highest BCUT2D eigenvalue weighted by atomic mass is 35.5. The molecule has 2 heteroatoms. The maximum atomic E-state index is 7.04. The molecule has 0 aliphatic carbocycles. The summed E-state index contributed by atoms with van der Waals surface area (Å²) in [4.78, 5) is -0.667. The number of alkyl halides is 2. The summed E-state index contributed by atoms with van der Waals surface area (Å²) in [6.07, 6.45) is 3.12. The number of halogens is 2. The van der Waals surface area contributed by atoms with E-state index in [0.29, 0.717) is 0 Å². The van der Waals surface area contributed by atoms with E-state index >= 15 is 0 Å². The molecular formula is C18H20Cl2. The van der Waals surface area contributed by atoms with Gasteiger partial charge >= 0.3 is 0 Å². The Morgan fingerprint density at radius 1 is 0.900 bits per heavy atom. The number of benzene rings is 2. The van der Waals surface area contributed by atoms with Crippen LogP contribution < -0.4 is 0 Å². The molecule has 0 aromatic heterocycles. The maximum Gasteiger partial charge on any atom is 0.111 e. The molecule has 0 bridgehead atoms. The van der Waals surface area contributed by atoms with E-state index in [1.807, 2.05) is 36.4 Å². The first kappa shape index (κ1) is 15.4. The fraction of sp³-hybridized carbons (Fsp3) is 0.333. The molecule has 20 heavy (non-hydrogen) atoms. The molecule has 0 nitrogen and oxygen atoms in total. The molecule has 0 aliphatic heterocycles. The number of unbranched alkanes of at least 4 members (excludes halogenated alkanes) is 1. The topological polar surface area (TPSA) is 0 Å². The smallest absolute Gasteiger partial charge is 0.111 e. The standard InChI is InChI=1S/C18H20Cl2/c1-2-3-14-17(19)18(20,15-10-6-4-7-11-15)16-12-8-5-9-13-16/h4-13,17H,2-3,14H2,1H3. The lowest BCUT2D eigenvalue weighted by atomic mass is 9.85. The molecule has 0 amide bonds. The first-order valence-electron chi connectivity index (χ1n) is 7.13. The molecule has 0 N–H and O–H groups in total. The number of rotatable bonds is 6. The second-order valence-electron chi connectivity index (χ2n) is 5.05. The van der Waals surface area contributed by atoms with Crippen LogP contribution in [-0.4, -0.2) is 5.38 Å². The highest BCUT2D eigenvalue weighted by Crippen LogP contribution is 2.44. The normalized spacial score (nSPS) is 13.2. The molecule has 2 aromatic carbocycles. The third kappa shape index (κ3) is 3.19. The molecule has 0 fully saturated rings. The summed E-state index contributed by atoms with van der Waals surface area (Å²) >= 11 is 13.7. The summed E-state index contributed by atoms with van der Waals surface area (Å²) in [6.45, 7) is 2.17. The Morgan fingerprint density at radius 2 is 1.35 bits per heavy atom. The average molecular weight is 307 g/mol. The van der Waals surface area contributed by atoms with Crippen molar-refractivity contribution in [3.8, 4) is 0 Å².